The van der Waals surface area contributed by atoms with Gasteiger partial charge in [0.1, 0.15) is 11.6 Å². The van der Waals surface area contributed by atoms with E-state index in [1.54, 1.807) is 13.3 Å². The van der Waals surface area contributed by atoms with Crippen LogP contribution in [0, 0.1) is 0 Å². The molecule has 2 heterocycles. The summed E-state index contributed by atoms with van der Waals surface area (Å²) in [5, 5.41) is 6.20. The molecule has 2 N–H and O–H groups in total. The maximum absolute atomic E-state index is 12.1. The zero-order chi connectivity index (χ0) is 19.2. The summed E-state index contributed by atoms with van der Waals surface area (Å²) in [6, 6.07) is 9.63. The predicted octanol–water partition coefficient (Wildman–Crippen LogP) is 2.47. The van der Waals surface area contributed by atoms with E-state index >= 15 is 0 Å². The molecule has 8 heteroatoms. The fourth-order valence-electron chi connectivity index (χ4n) is 2.90. The number of amides is 2. The first-order chi connectivity index (χ1) is 13.1. The zero-order valence-corrected chi connectivity index (χ0v) is 16.0. The van der Waals surface area contributed by atoms with Gasteiger partial charge in [-0.25, -0.2) is 9.78 Å². The van der Waals surface area contributed by atoms with Crippen LogP contribution in [0.2, 0.25) is 0 Å². The van der Waals surface area contributed by atoms with Gasteiger partial charge in [0.05, 0.1) is 12.8 Å². The Morgan fingerprint density at radius 3 is 2.59 bits per heavy atom. The second-order valence-electron chi connectivity index (χ2n) is 6.65. The molecule has 1 fully saturated rings. The Labute approximate surface area is 159 Å². The van der Waals surface area contributed by atoms with Crippen molar-refractivity contribution in [2.45, 2.75) is 19.9 Å². The van der Waals surface area contributed by atoms with E-state index in [0.717, 1.165) is 11.4 Å². The Morgan fingerprint density at radius 2 is 1.89 bits per heavy atom. The smallest absolute Gasteiger partial charge is 0.317 e. The van der Waals surface area contributed by atoms with Crippen LogP contribution in [0.4, 0.5) is 22.2 Å². The van der Waals surface area contributed by atoms with Crippen LogP contribution >= 0.6 is 0 Å². The van der Waals surface area contributed by atoms with Crippen molar-refractivity contribution >= 4 is 23.5 Å². The van der Waals surface area contributed by atoms with Gasteiger partial charge in [-0.15, -0.1) is 0 Å². The van der Waals surface area contributed by atoms with Crippen molar-refractivity contribution in [1.29, 1.82) is 0 Å². The lowest BCUT2D eigenvalue weighted by molar-refractivity contribution is 0.191. The van der Waals surface area contributed by atoms with E-state index in [-0.39, 0.29) is 12.1 Å². The number of aromatic nitrogens is 2. The topological polar surface area (TPSA) is 82.6 Å². The van der Waals surface area contributed by atoms with Crippen molar-refractivity contribution in [2.75, 3.05) is 43.5 Å². The molecule has 0 unspecified atom stereocenters. The van der Waals surface area contributed by atoms with Gasteiger partial charge < -0.3 is 25.2 Å². The first-order valence-corrected chi connectivity index (χ1v) is 9.10. The molecule has 1 saturated heterocycles. The van der Waals surface area contributed by atoms with Gasteiger partial charge in [0, 0.05) is 38.4 Å². The maximum atomic E-state index is 12.1. The highest BCUT2D eigenvalue weighted by Gasteiger charge is 2.23. The fraction of sp³-hybridized carbons (Fsp3) is 0.421. The van der Waals surface area contributed by atoms with Crippen molar-refractivity contribution in [3.05, 3.63) is 36.5 Å². The molecule has 27 heavy (non-hydrogen) atoms. The third-order valence-corrected chi connectivity index (χ3v) is 4.27. The molecule has 1 aromatic carbocycles. The molecule has 144 valence electrons. The number of anilines is 3. The van der Waals surface area contributed by atoms with Crippen LogP contribution < -0.4 is 20.3 Å². The normalized spacial score (nSPS) is 14.2. The molecule has 0 aliphatic carbocycles. The Morgan fingerprint density at radius 1 is 1.15 bits per heavy atom. The van der Waals surface area contributed by atoms with Crippen LogP contribution in [0.1, 0.15) is 13.8 Å². The third kappa shape index (κ3) is 4.78. The fourth-order valence-corrected chi connectivity index (χ4v) is 2.90. The number of rotatable bonds is 5. The number of nitrogens with zero attached hydrogens (tertiary/aromatic N) is 4. The molecule has 0 radical (unpaired) electrons. The second kappa shape index (κ2) is 8.57. The molecule has 0 atom stereocenters. The molecule has 0 saturated carbocycles. The largest absolute Gasteiger partial charge is 0.495 e. The van der Waals surface area contributed by atoms with Crippen molar-refractivity contribution in [3.63, 3.8) is 0 Å². The first-order valence-electron chi connectivity index (χ1n) is 9.10. The number of methoxy groups -OCH3 is 1. The molecule has 1 aliphatic heterocycles. The second-order valence-corrected chi connectivity index (χ2v) is 6.65. The summed E-state index contributed by atoms with van der Waals surface area (Å²) in [6.45, 7) is 6.61. The number of ether oxygens (including phenoxy) is 1. The van der Waals surface area contributed by atoms with E-state index in [2.05, 4.69) is 25.5 Å². The number of urea groups is 1. The standard InChI is InChI=1S/C19H26N6O2/c1-14(2)21-19(26)25-12-10-24(11-13-25)18-20-9-8-17(23-18)22-15-6-4-5-7-16(15)27-3/h4-9,14H,10-13H2,1-3H3,(H,21,26)(H,20,22,23). The zero-order valence-electron chi connectivity index (χ0n) is 16.0. The number of benzene rings is 1. The summed E-state index contributed by atoms with van der Waals surface area (Å²) in [7, 11) is 1.64. The van der Waals surface area contributed by atoms with Crippen LogP contribution in [-0.4, -0.2) is 60.2 Å². The molecule has 2 aromatic rings. The van der Waals surface area contributed by atoms with E-state index in [1.165, 1.54) is 0 Å². The minimum atomic E-state index is -0.0165. The van der Waals surface area contributed by atoms with Crippen molar-refractivity contribution < 1.29 is 9.53 Å². The Bertz CT molecular complexity index is 774. The Balaban J connectivity index is 1.64. The SMILES string of the molecule is COc1ccccc1Nc1ccnc(N2CCN(C(=O)NC(C)C)CC2)n1. The van der Waals surface area contributed by atoms with E-state index in [0.29, 0.717) is 37.9 Å². The van der Waals surface area contributed by atoms with Crippen molar-refractivity contribution in [2.24, 2.45) is 0 Å². The van der Waals surface area contributed by atoms with Crippen LogP contribution in [0.3, 0.4) is 0 Å². The van der Waals surface area contributed by atoms with E-state index < -0.39 is 0 Å². The highest BCUT2D eigenvalue weighted by atomic mass is 16.5. The van der Waals surface area contributed by atoms with Gasteiger partial charge in [-0.1, -0.05) is 12.1 Å². The van der Waals surface area contributed by atoms with Gasteiger partial charge >= 0.3 is 6.03 Å². The quantitative estimate of drug-likeness (QED) is 0.841. The van der Waals surface area contributed by atoms with Gasteiger partial charge in [-0.3, -0.25) is 0 Å². The average Bonchev–Trinajstić information content (AvgIpc) is 2.68. The molecule has 2 amide bonds. The van der Waals surface area contributed by atoms with Gasteiger partial charge in [-0.05, 0) is 32.0 Å². The van der Waals surface area contributed by atoms with E-state index in [9.17, 15) is 4.79 Å². The minimum absolute atomic E-state index is 0.0165. The minimum Gasteiger partial charge on any atom is -0.495 e. The summed E-state index contributed by atoms with van der Waals surface area (Å²) in [6.07, 6.45) is 1.73. The van der Waals surface area contributed by atoms with Crippen LogP contribution in [0.15, 0.2) is 36.5 Å². The van der Waals surface area contributed by atoms with Gasteiger partial charge in [0.15, 0.2) is 0 Å². The number of nitrogens with one attached hydrogen (secondary N) is 2. The average molecular weight is 370 g/mol. The number of carbonyl (C=O) groups excluding carboxylic acids is 1. The maximum Gasteiger partial charge on any atom is 0.317 e. The van der Waals surface area contributed by atoms with Crippen LogP contribution in [-0.2, 0) is 0 Å². The highest BCUT2D eigenvalue weighted by Crippen LogP contribution is 2.26. The molecule has 0 spiro atoms. The number of hydrogen-bond donors (Lipinski definition) is 2. The van der Waals surface area contributed by atoms with Crippen LogP contribution in [0.5, 0.6) is 5.75 Å². The third-order valence-electron chi connectivity index (χ3n) is 4.27. The Kier molecular flexibility index (Phi) is 5.95. The number of carbonyl (C=O) groups is 1. The van der Waals surface area contributed by atoms with Crippen molar-refractivity contribution in [3.8, 4) is 5.75 Å². The van der Waals surface area contributed by atoms with E-state index in [1.807, 2.05) is 49.1 Å². The molecular weight excluding hydrogens is 344 g/mol. The summed E-state index contributed by atoms with van der Waals surface area (Å²) < 4.78 is 5.37. The van der Waals surface area contributed by atoms with Crippen molar-refractivity contribution in [1.82, 2.24) is 20.2 Å². The lowest BCUT2D eigenvalue weighted by Gasteiger charge is -2.35. The summed E-state index contributed by atoms with van der Waals surface area (Å²) in [4.78, 5) is 25.0. The first kappa shape index (κ1) is 18.8. The lowest BCUT2D eigenvalue weighted by Crippen LogP contribution is -2.53. The number of piperazine rings is 1. The monoisotopic (exact) mass is 370 g/mol. The number of para-hydroxylation sites is 2. The molecule has 8 nitrogen and oxygen atoms in total. The van der Waals surface area contributed by atoms with E-state index in [4.69, 9.17) is 4.74 Å². The van der Waals surface area contributed by atoms with Gasteiger partial charge in [0.25, 0.3) is 0 Å². The summed E-state index contributed by atoms with van der Waals surface area (Å²) >= 11 is 0. The predicted molar refractivity (Wildman–Crippen MR) is 106 cm³/mol. The van der Waals surface area contributed by atoms with Gasteiger partial charge in [0.2, 0.25) is 5.95 Å². The number of hydrogen-bond acceptors (Lipinski definition) is 6. The summed E-state index contributed by atoms with van der Waals surface area (Å²) in [5.41, 5.74) is 0.847. The molecule has 0 bridgehead atoms. The molecular formula is C19H26N6O2. The van der Waals surface area contributed by atoms with Gasteiger partial charge in [-0.2, -0.15) is 4.98 Å². The Hall–Kier alpha value is -3.03. The molecule has 1 aliphatic rings. The van der Waals surface area contributed by atoms with Crippen LogP contribution in [0.25, 0.3) is 0 Å². The highest BCUT2D eigenvalue weighted by molar-refractivity contribution is 5.74. The summed E-state index contributed by atoms with van der Waals surface area (Å²) in [5.74, 6) is 2.10. The molecule has 1 aromatic heterocycles. The molecule has 3 rings (SSSR count). The lowest BCUT2D eigenvalue weighted by atomic mass is 10.3.